The standard InChI is InChI=1S/C20H16N6/c21-14-15-6-10-18(11-7-15)24-26-25-19-12-8-16(9-13-19)20(22)23-17-4-2-1-3-5-17/h1-13H,(H2,22,23)(H,24,25). The minimum absolute atomic E-state index is 0.321. The second kappa shape index (κ2) is 8.22. The summed E-state index contributed by atoms with van der Waals surface area (Å²) in [6, 6.07) is 25.8. The lowest BCUT2D eigenvalue weighted by Gasteiger charge is -2.08. The van der Waals surface area contributed by atoms with Crippen LogP contribution in [0.5, 0.6) is 0 Å². The molecule has 6 nitrogen and oxygen atoms in total. The van der Waals surface area contributed by atoms with E-state index in [-0.39, 0.29) is 0 Å². The zero-order valence-corrected chi connectivity index (χ0v) is 13.8. The predicted octanol–water partition coefficient (Wildman–Crippen LogP) is 5.11. The van der Waals surface area contributed by atoms with Gasteiger partial charge in [0.05, 0.1) is 23.0 Å². The number of nitriles is 1. The molecular weight excluding hydrogens is 324 g/mol. The fraction of sp³-hybridized carbons (Fsp3) is 0. The molecule has 0 spiro atoms. The fourth-order valence-electron chi connectivity index (χ4n) is 2.19. The Morgan fingerprint density at radius 1 is 0.846 bits per heavy atom. The van der Waals surface area contributed by atoms with Gasteiger partial charge in [0.2, 0.25) is 0 Å². The molecule has 3 aromatic carbocycles. The van der Waals surface area contributed by atoms with Crippen molar-refractivity contribution in [3.05, 3.63) is 90.0 Å². The van der Waals surface area contributed by atoms with Crippen LogP contribution in [-0.4, -0.2) is 5.84 Å². The summed E-state index contributed by atoms with van der Waals surface area (Å²) in [5.74, 6) is 0.321. The molecule has 0 aromatic heterocycles. The van der Waals surface area contributed by atoms with Gasteiger partial charge in [-0.15, -0.1) is 5.11 Å². The first-order chi connectivity index (χ1) is 12.7. The van der Waals surface area contributed by atoms with E-state index in [0.717, 1.165) is 16.9 Å². The molecule has 0 heterocycles. The van der Waals surface area contributed by atoms with Gasteiger partial charge >= 0.3 is 0 Å². The Labute approximate surface area is 151 Å². The second-order valence-corrected chi connectivity index (χ2v) is 5.41. The van der Waals surface area contributed by atoms with Crippen molar-refractivity contribution >= 4 is 22.9 Å². The molecule has 3 aromatic rings. The zero-order chi connectivity index (χ0) is 18.2. The predicted molar refractivity (Wildman–Crippen MR) is 103 cm³/mol. The first-order valence-corrected chi connectivity index (χ1v) is 7.92. The summed E-state index contributed by atoms with van der Waals surface area (Å²) < 4.78 is 0. The van der Waals surface area contributed by atoms with E-state index < -0.39 is 0 Å². The van der Waals surface area contributed by atoms with Gasteiger partial charge in [-0.1, -0.05) is 23.4 Å². The average molecular weight is 340 g/mol. The Balaban J connectivity index is 1.58. The van der Waals surface area contributed by atoms with Gasteiger partial charge in [-0.25, -0.2) is 0 Å². The number of amidine groups is 1. The van der Waals surface area contributed by atoms with Gasteiger partial charge in [0.15, 0.2) is 0 Å². The lowest BCUT2D eigenvalue weighted by Crippen LogP contribution is -2.11. The van der Waals surface area contributed by atoms with Gasteiger partial charge in [0.25, 0.3) is 0 Å². The van der Waals surface area contributed by atoms with Crippen molar-refractivity contribution in [3.8, 4) is 6.07 Å². The summed E-state index contributed by atoms with van der Waals surface area (Å²) in [4.78, 5) is 0. The normalized spacial score (nSPS) is 10.3. The van der Waals surface area contributed by atoms with Crippen LogP contribution < -0.4 is 10.7 Å². The van der Waals surface area contributed by atoms with Crippen molar-refractivity contribution in [2.75, 3.05) is 10.7 Å². The Kier molecular flexibility index (Phi) is 5.33. The monoisotopic (exact) mass is 340 g/mol. The summed E-state index contributed by atoms with van der Waals surface area (Å²) in [6.45, 7) is 0. The summed E-state index contributed by atoms with van der Waals surface area (Å²) in [6.07, 6.45) is 0. The van der Waals surface area contributed by atoms with Crippen molar-refractivity contribution in [2.45, 2.75) is 0 Å². The third kappa shape index (κ3) is 4.52. The third-order valence-corrected chi connectivity index (χ3v) is 3.56. The van der Waals surface area contributed by atoms with Gasteiger partial charge < -0.3 is 5.32 Å². The van der Waals surface area contributed by atoms with Crippen LogP contribution >= 0.6 is 0 Å². The van der Waals surface area contributed by atoms with Crippen molar-refractivity contribution < 1.29 is 0 Å². The molecule has 0 radical (unpaired) electrons. The number of hydrogen-bond donors (Lipinski definition) is 3. The van der Waals surface area contributed by atoms with E-state index in [1.165, 1.54) is 0 Å². The maximum atomic E-state index is 8.76. The average Bonchev–Trinajstić information content (AvgIpc) is 2.70. The Morgan fingerprint density at radius 2 is 1.54 bits per heavy atom. The van der Waals surface area contributed by atoms with E-state index in [0.29, 0.717) is 17.1 Å². The molecule has 0 aliphatic heterocycles. The molecule has 0 bridgehead atoms. The van der Waals surface area contributed by atoms with Crippen LogP contribution in [0.1, 0.15) is 11.1 Å². The molecule has 126 valence electrons. The summed E-state index contributed by atoms with van der Waals surface area (Å²) in [5.41, 5.74) is 6.48. The molecule has 0 aliphatic carbocycles. The molecule has 0 amide bonds. The molecule has 0 aliphatic rings. The van der Waals surface area contributed by atoms with Crippen LogP contribution in [0, 0.1) is 16.7 Å². The van der Waals surface area contributed by atoms with Crippen LogP contribution in [-0.2, 0) is 0 Å². The lowest BCUT2D eigenvalue weighted by molar-refractivity contribution is 1.13. The van der Waals surface area contributed by atoms with Crippen molar-refractivity contribution in [3.63, 3.8) is 0 Å². The highest BCUT2D eigenvalue weighted by molar-refractivity contribution is 6.06. The highest BCUT2D eigenvalue weighted by Crippen LogP contribution is 2.15. The van der Waals surface area contributed by atoms with Crippen LogP contribution in [0.2, 0.25) is 0 Å². The number of hydrogen-bond acceptors (Lipinski definition) is 4. The molecule has 0 saturated carbocycles. The Hall–Kier alpha value is -3.98. The maximum absolute atomic E-state index is 8.76. The van der Waals surface area contributed by atoms with Crippen LogP contribution in [0.15, 0.2) is 89.2 Å². The van der Waals surface area contributed by atoms with Crippen molar-refractivity contribution in [1.29, 1.82) is 10.7 Å². The molecule has 0 fully saturated rings. The lowest BCUT2D eigenvalue weighted by atomic mass is 10.2. The van der Waals surface area contributed by atoms with Gasteiger partial charge in [0.1, 0.15) is 5.84 Å². The smallest absolute Gasteiger partial charge is 0.129 e. The summed E-state index contributed by atoms with van der Waals surface area (Å²) in [5, 5.41) is 27.9. The minimum atomic E-state index is 0.321. The van der Waals surface area contributed by atoms with E-state index in [1.54, 1.807) is 24.3 Å². The number of nitrogens with zero attached hydrogens (tertiary/aromatic N) is 3. The molecular formula is C20H16N6. The fourth-order valence-corrected chi connectivity index (χ4v) is 2.19. The molecule has 0 unspecified atom stereocenters. The summed E-state index contributed by atoms with van der Waals surface area (Å²) in [7, 11) is 0. The van der Waals surface area contributed by atoms with Gasteiger partial charge in [0, 0.05) is 11.3 Å². The maximum Gasteiger partial charge on any atom is 0.129 e. The quantitative estimate of drug-likeness (QED) is 0.261. The minimum Gasteiger partial charge on any atom is -0.340 e. The van der Waals surface area contributed by atoms with Crippen LogP contribution in [0.3, 0.4) is 0 Å². The van der Waals surface area contributed by atoms with Crippen molar-refractivity contribution in [1.82, 2.24) is 0 Å². The topological polar surface area (TPSA) is 96.4 Å². The van der Waals surface area contributed by atoms with E-state index in [9.17, 15) is 0 Å². The van der Waals surface area contributed by atoms with Crippen LogP contribution in [0.25, 0.3) is 0 Å². The highest BCUT2D eigenvalue weighted by atomic mass is 15.4. The second-order valence-electron chi connectivity index (χ2n) is 5.41. The molecule has 0 atom stereocenters. The molecule has 3 N–H and O–H groups in total. The SMILES string of the molecule is N#Cc1ccc(/N=N/Nc2ccc(C(=N)Nc3ccccc3)cc2)cc1. The number of para-hydroxylation sites is 1. The molecule has 26 heavy (non-hydrogen) atoms. The first-order valence-electron chi connectivity index (χ1n) is 7.92. The van der Waals surface area contributed by atoms with E-state index in [1.807, 2.05) is 54.6 Å². The number of rotatable bonds is 5. The summed E-state index contributed by atoms with van der Waals surface area (Å²) >= 11 is 0. The van der Waals surface area contributed by atoms with E-state index >= 15 is 0 Å². The molecule has 0 saturated heterocycles. The van der Waals surface area contributed by atoms with E-state index in [4.69, 9.17) is 10.7 Å². The molecule has 6 heteroatoms. The zero-order valence-electron chi connectivity index (χ0n) is 13.8. The largest absolute Gasteiger partial charge is 0.340 e. The number of anilines is 2. The Morgan fingerprint density at radius 3 is 2.19 bits per heavy atom. The van der Waals surface area contributed by atoms with Crippen LogP contribution in [0.4, 0.5) is 17.1 Å². The van der Waals surface area contributed by atoms with Gasteiger partial charge in [-0.05, 0) is 60.7 Å². The molecule has 3 rings (SSSR count). The highest BCUT2D eigenvalue weighted by Gasteiger charge is 2.01. The van der Waals surface area contributed by atoms with Gasteiger partial charge in [-0.2, -0.15) is 5.26 Å². The number of benzene rings is 3. The first kappa shape index (κ1) is 16.9. The van der Waals surface area contributed by atoms with Gasteiger partial charge in [-0.3, -0.25) is 10.8 Å². The van der Waals surface area contributed by atoms with E-state index in [2.05, 4.69) is 27.1 Å². The van der Waals surface area contributed by atoms with Crippen molar-refractivity contribution in [2.24, 2.45) is 10.3 Å². The Bertz CT molecular complexity index is 938. The third-order valence-electron chi connectivity index (χ3n) is 3.56. The number of nitrogens with one attached hydrogen (secondary N) is 3.